The molecule has 0 unspecified atom stereocenters. The number of nitrogens with zero attached hydrogens (tertiary/aromatic N) is 1. The fourth-order valence-corrected chi connectivity index (χ4v) is 3.46. The molecule has 1 aliphatic carbocycles. The van der Waals surface area contributed by atoms with Gasteiger partial charge < -0.3 is 10.2 Å². The molecule has 2 rings (SSSR count). The van der Waals surface area contributed by atoms with Gasteiger partial charge in [0.1, 0.15) is 0 Å². The lowest BCUT2D eigenvalue weighted by molar-refractivity contribution is -0.141. The Morgan fingerprint density at radius 1 is 1.19 bits per heavy atom. The number of hydrogen-bond acceptors (Lipinski definition) is 2. The number of carbonyl (C=O) groups excluding carboxylic acids is 2. The quantitative estimate of drug-likeness (QED) is 0.811. The summed E-state index contributed by atoms with van der Waals surface area (Å²) in [5, 5.41) is 3.03. The number of carbonyl (C=O) groups is 2. The molecule has 1 N–H and O–H groups in total. The summed E-state index contributed by atoms with van der Waals surface area (Å²) >= 11 is 0. The van der Waals surface area contributed by atoms with Crippen LogP contribution in [0.1, 0.15) is 65.2 Å². The Bertz CT molecular complexity index is 360. The first-order valence-corrected chi connectivity index (χ1v) is 8.65. The molecule has 1 atom stereocenters. The molecule has 0 spiro atoms. The van der Waals surface area contributed by atoms with Gasteiger partial charge in [-0.2, -0.15) is 0 Å². The van der Waals surface area contributed by atoms with Crippen LogP contribution < -0.4 is 5.32 Å². The van der Waals surface area contributed by atoms with Crippen molar-refractivity contribution in [2.24, 2.45) is 11.8 Å². The Balaban J connectivity index is 1.91. The molecule has 0 aromatic heterocycles. The number of piperidine rings is 1. The summed E-state index contributed by atoms with van der Waals surface area (Å²) in [7, 11) is 0. The van der Waals surface area contributed by atoms with E-state index >= 15 is 0 Å². The lowest BCUT2D eigenvalue weighted by atomic mass is 9.93. The van der Waals surface area contributed by atoms with Crippen LogP contribution in [0.25, 0.3) is 0 Å². The first-order valence-electron chi connectivity index (χ1n) is 8.65. The van der Waals surface area contributed by atoms with E-state index in [1.807, 2.05) is 4.90 Å². The van der Waals surface area contributed by atoms with Crippen LogP contribution in [0.4, 0.5) is 0 Å². The Hall–Kier alpha value is -1.06. The van der Waals surface area contributed by atoms with Crippen LogP contribution in [0.5, 0.6) is 0 Å². The molecule has 2 aliphatic rings. The summed E-state index contributed by atoms with van der Waals surface area (Å²) in [5.41, 5.74) is 0. The summed E-state index contributed by atoms with van der Waals surface area (Å²) in [6.07, 6.45) is 8.51. The molecule has 0 aromatic carbocycles. The molecule has 4 heteroatoms. The SMILES string of the molecule is CC(C)CNC(=O)[C@H]1CCC(=O)N(C2CCCCCC2)C1. The van der Waals surface area contributed by atoms with E-state index < -0.39 is 0 Å². The van der Waals surface area contributed by atoms with Gasteiger partial charge in [0.05, 0.1) is 5.92 Å². The van der Waals surface area contributed by atoms with Crippen molar-refractivity contribution in [1.82, 2.24) is 10.2 Å². The van der Waals surface area contributed by atoms with Crippen molar-refractivity contribution < 1.29 is 9.59 Å². The molecule has 1 heterocycles. The van der Waals surface area contributed by atoms with E-state index in [0.717, 1.165) is 19.4 Å². The minimum absolute atomic E-state index is 0.00953. The molecule has 2 amide bonds. The standard InChI is InChI=1S/C17H30N2O2/c1-13(2)11-18-17(21)14-9-10-16(20)19(12-14)15-7-5-3-4-6-8-15/h13-15H,3-12H2,1-2H3,(H,18,21)/t14-/m0/s1. The molecule has 120 valence electrons. The first-order chi connectivity index (χ1) is 10.1. The third-order valence-corrected chi connectivity index (χ3v) is 4.76. The van der Waals surface area contributed by atoms with Crippen molar-refractivity contribution in [3.8, 4) is 0 Å². The van der Waals surface area contributed by atoms with Crippen LogP contribution in [0.3, 0.4) is 0 Å². The van der Waals surface area contributed by atoms with Gasteiger partial charge in [0, 0.05) is 25.6 Å². The van der Waals surface area contributed by atoms with Crippen LogP contribution in [0.15, 0.2) is 0 Å². The maximum Gasteiger partial charge on any atom is 0.224 e. The lowest BCUT2D eigenvalue weighted by Crippen LogP contribution is -2.50. The van der Waals surface area contributed by atoms with Gasteiger partial charge in [-0.05, 0) is 25.2 Å². The number of hydrogen-bond donors (Lipinski definition) is 1. The highest BCUT2D eigenvalue weighted by Gasteiger charge is 2.34. The minimum Gasteiger partial charge on any atom is -0.356 e. The maximum atomic E-state index is 12.3. The highest BCUT2D eigenvalue weighted by atomic mass is 16.2. The zero-order valence-electron chi connectivity index (χ0n) is 13.6. The number of likely N-dealkylation sites (tertiary alicyclic amines) is 1. The van der Waals surface area contributed by atoms with Gasteiger partial charge in [-0.25, -0.2) is 0 Å². The highest BCUT2D eigenvalue weighted by molar-refractivity contribution is 5.84. The Kier molecular flexibility index (Phi) is 6.07. The van der Waals surface area contributed by atoms with Gasteiger partial charge in [-0.3, -0.25) is 9.59 Å². The topological polar surface area (TPSA) is 49.4 Å². The van der Waals surface area contributed by atoms with Crippen LogP contribution in [0.2, 0.25) is 0 Å². The van der Waals surface area contributed by atoms with Gasteiger partial charge >= 0.3 is 0 Å². The largest absolute Gasteiger partial charge is 0.356 e. The van der Waals surface area contributed by atoms with E-state index in [1.54, 1.807) is 0 Å². The van der Waals surface area contributed by atoms with Crippen molar-refractivity contribution in [1.29, 1.82) is 0 Å². The summed E-state index contributed by atoms with van der Waals surface area (Å²) in [5.74, 6) is 0.853. The monoisotopic (exact) mass is 294 g/mol. The van der Waals surface area contributed by atoms with Crippen molar-refractivity contribution in [3.63, 3.8) is 0 Å². The molecule has 1 saturated heterocycles. The number of amides is 2. The molecular weight excluding hydrogens is 264 g/mol. The van der Waals surface area contributed by atoms with E-state index in [-0.39, 0.29) is 17.7 Å². The Morgan fingerprint density at radius 2 is 1.86 bits per heavy atom. The summed E-state index contributed by atoms with van der Waals surface area (Å²) in [6, 6.07) is 0.376. The van der Waals surface area contributed by atoms with Crippen LogP contribution in [-0.4, -0.2) is 35.8 Å². The zero-order chi connectivity index (χ0) is 15.2. The summed E-state index contributed by atoms with van der Waals surface area (Å²) in [6.45, 7) is 5.56. The van der Waals surface area contributed by atoms with Gasteiger partial charge in [0.25, 0.3) is 0 Å². The van der Waals surface area contributed by atoms with E-state index in [2.05, 4.69) is 19.2 Å². The fraction of sp³-hybridized carbons (Fsp3) is 0.882. The van der Waals surface area contributed by atoms with E-state index in [4.69, 9.17) is 0 Å². The van der Waals surface area contributed by atoms with Crippen LogP contribution >= 0.6 is 0 Å². The molecule has 0 bridgehead atoms. The minimum atomic E-state index is -0.00953. The first kappa shape index (κ1) is 16.3. The van der Waals surface area contributed by atoms with E-state index in [9.17, 15) is 9.59 Å². The molecule has 2 fully saturated rings. The third-order valence-electron chi connectivity index (χ3n) is 4.76. The van der Waals surface area contributed by atoms with Gasteiger partial charge in [0.2, 0.25) is 11.8 Å². The van der Waals surface area contributed by atoms with E-state index in [1.165, 1.54) is 25.7 Å². The second-order valence-electron chi connectivity index (χ2n) is 7.07. The second-order valence-corrected chi connectivity index (χ2v) is 7.07. The third kappa shape index (κ3) is 4.72. The molecular formula is C17H30N2O2. The molecule has 0 aromatic rings. The summed E-state index contributed by atoms with van der Waals surface area (Å²) in [4.78, 5) is 26.5. The lowest BCUT2D eigenvalue weighted by Gasteiger charge is -2.37. The van der Waals surface area contributed by atoms with Crippen LogP contribution in [0, 0.1) is 11.8 Å². The van der Waals surface area contributed by atoms with Crippen molar-refractivity contribution >= 4 is 11.8 Å². The number of rotatable bonds is 4. The van der Waals surface area contributed by atoms with Gasteiger partial charge in [-0.15, -0.1) is 0 Å². The van der Waals surface area contributed by atoms with Crippen molar-refractivity contribution in [3.05, 3.63) is 0 Å². The van der Waals surface area contributed by atoms with Crippen molar-refractivity contribution in [2.75, 3.05) is 13.1 Å². The molecule has 1 saturated carbocycles. The molecule has 0 radical (unpaired) electrons. The maximum absolute atomic E-state index is 12.3. The zero-order valence-corrected chi connectivity index (χ0v) is 13.6. The van der Waals surface area contributed by atoms with E-state index in [0.29, 0.717) is 31.3 Å². The average Bonchev–Trinajstić information content (AvgIpc) is 2.74. The van der Waals surface area contributed by atoms with Crippen LogP contribution in [-0.2, 0) is 9.59 Å². The fourth-order valence-electron chi connectivity index (χ4n) is 3.46. The Labute approximate surface area is 128 Å². The summed E-state index contributed by atoms with van der Waals surface area (Å²) < 4.78 is 0. The smallest absolute Gasteiger partial charge is 0.224 e. The number of nitrogens with one attached hydrogen (secondary N) is 1. The van der Waals surface area contributed by atoms with Gasteiger partial charge in [-0.1, -0.05) is 39.5 Å². The highest BCUT2D eigenvalue weighted by Crippen LogP contribution is 2.27. The Morgan fingerprint density at radius 3 is 2.48 bits per heavy atom. The average molecular weight is 294 g/mol. The predicted molar refractivity (Wildman–Crippen MR) is 83.8 cm³/mol. The second kappa shape index (κ2) is 7.81. The van der Waals surface area contributed by atoms with Gasteiger partial charge in [0.15, 0.2) is 0 Å². The molecule has 4 nitrogen and oxygen atoms in total. The normalized spacial score (nSPS) is 25.0. The van der Waals surface area contributed by atoms with Crippen molar-refractivity contribution in [2.45, 2.75) is 71.3 Å². The molecule has 21 heavy (non-hydrogen) atoms. The molecule has 1 aliphatic heterocycles. The predicted octanol–water partition coefficient (Wildman–Crippen LogP) is 2.72.